The molecule has 0 bridgehead atoms. The van der Waals surface area contributed by atoms with E-state index >= 15 is 0 Å². The third-order valence-corrected chi connectivity index (χ3v) is 5.57. The molecule has 12 heteroatoms. The number of carboxylic acids is 1. The van der Waals surface area contributed by atoms with Crippen LogP contribution >= 0.6 is 0 Å². The Morgan fingerprint density at radius 3 is 2.59 bits per heavy atom. The number of aromatic nitrogens is 2. The van der Waals surface area contributed by atoms with Crippen LogP contribution in [0.4, 0.5) is 0 Å². The van der Waals surface area contributed by atoms with Crippen molar-refractivity contribution in [1.82, 2.24) is 25.5 Å². The van der Waals surface area contributed by atoms with Gasteiger partial charge in [-0.05, 0) is 37.0 Å². The molecule has 0 radical (unpaired) electrons. The summed E-state index contributed by atoms with van der Waals surface area (Å²) in [5, 5.41) is 23.2. The lowest BCUT2D eigenvalue weighted by Crippen LogP contribution is -2.56. The lowest BCUT2D eigenvalue weighted by Gasteiger charge is -2.29. The van der Waals surface area contributed by atoms with Gasteiger partial charge in [0.2, 0.25) is 17.7 Å². The monoisotopic (exact) mass is 472 g/mol. The molecule has 2 heterocycles. The number of aliphatic carboxylic acids is 1. The third kappa shape index (κ3) is 6.54. The number of phenolic OH excluding ortho intramolecular Hbond substituents is 1. The Bertz CT molecular complexity index is 1010. The number of hydrogen-bond donors (Lipinski definition) is 6. The van der Waals surface area contributed by atoms with Gasteiger partial charge in [0.1, 0.15) is 24.4 Å². The molecule has 1 saturated heterocycles. The number of H-pyrrole nitrogens is 1. The van der Waals surface area contributed by atoms with Gasteiger partial charge in [-0.15, -0.1) is 0 Å². The minimum absolute atomic E-state index is 0.0968. The highest BCUT2D eigenvalue weighted by Gasteiger charge is 2.38. The minimum atomic E-state index is -1.18. The summed E-state index contributed by atoms with van der Waals surface area (Å²) < 4.78 is 0. The van der Waals surface area contributed by atoms with Crippen molar-refractivity contribution in [3.8, 4) is 5.75 Å². The molecule has 0 aliphatic carbocycles. The molecule has 3 amide bonds. The average Bonchev–Trinajstić information content (AvgIpc) is 3.50. The average molecular weight is 473 g/mol. The molecule has 34 heavy (non-hydrogen) atoms. The summed E-state index contributed by atoms with van der Waals surface area (Å²) in [4.78, 5) is 57.7. The van der Waals surface area contributed by atoms with E-state index in [0.29, 0.717) is 25.1 Å². The lowest BCUT2D eigenvalue weighted by molar-refractivity contribution is -0.142. The standard InChI is InChI=1S/C22H28N6O6/c23-16(8-13-3-5-15(29)6-4-13)20(32)27-17(9-14-10-24-12-26-14)22(34)28-7-1-2-18(28)21(33)25-11-19(30)31/h3-6,10,12,16-18,29H,1-2,7-9,11,23H2,(H,24,26)(H,25,33)(H,27,32)(H,30,31). The second-order valence-corrected chi connectivity index (χ2v) is 8.12. The van der Waals surface area contributed by atoms with Gasteiger partial charge in [0.05, 0.1) is 12.4 Å². The Balaban J connectivity index is 1.71. The Labute approximate surface area is 195 Å². The summed E-state index contributed by atoms with van der Waals surface area (Å²) in [7, 11) is 0. The molecule has 3 unspecified atom stereocenters. The molecule has 3 atom stereocenters. The highest BCUT2D eigenvalue weighted by atomic mass is 16.4. The molecule has 1 aromatic carbocycles. The molecule has 1 aliphatic rings. The van der Waals surface area contributed by atoms with Gasteiger partial charge in [0.25, 0.3) is 0 Å². The van der Waals surface area contributed by atoms with Crippen LogP contribution in [0.5, 0.6) is 5.75 Å². The van der Waals surface area contributed by atoms with Crippen molar-refractivity contribution in [3.63, 3.8) is 0 Å². The number of carbonyl (C=O) groups is 4. The van der Waals surface area contributed by atoms with Gasteiger partial charge in [-0.25, -0.2) is 4.98 Å². The topological polar surface area (TPSA) is 191 Å². The van der Waals surface area contributed by atoms with E-state index in [0.717, 1.165) is 5.56 Å². The second-order valence-electron chi connectivity index (χ2n) is 8.12. The Hall–Kier alpha value is -3.93. The third-order valence-electron chi connectivity index (χ3n) is 5.57. The highest BCUT2D eigenvalue weighted by Crippen LogP contribution is 2.20. The number of likely N-dealkylation sites (tertiary alicyclic amines) is 1. The van der Waals surface area contributed by atoms with Crippen molar-refractivity contribution in [2.24, 2.45) is 5.73 Å². The molecular formula is C22H28N6O6. The normalized spacial score (nSPS) is 17.1. The van der Waals surface area contributed by atoms with Gasteiger partial charge >= 0.3 is 5.97 Å². The molecule has 1 aliphatic heterocycles. The number of nitrogens with zero attached hydrogens (tertiary/aromatic N) is 2. The summed E-state index contributed by atoms with van der Waals surface area (Å²) in [6.07, 6.45) is 4.25. The number of carboxylic acid groups (broad SMARTS) is 1. The molecule has 182 valence electrons. The molecule has 2 aromatic rings. The van der Waals surface area contributed by atoms with Gasteiger partial charge in [0.15, 0.2) is 0 Å². The number of hydrogen-bond acceptors (Lipinski definition) is 7. The SMILES string of the molecule is NC(Cc1ccc(O)cc1)C(=O)NC(Cc1cnc[nH]1)C(=O)N1CCCC1C(=O)NCC(=O)O. The first-order chi connectivity index (χ1) is 16.2. The zero-order valence-electron chi connectivity index (χ0n) is 18.4. The van der Waals surface area contributed by atoms with E-state index in [1.807, 2.05) is 0 Å². The summed E-state index contributed by atoms with van der Waals surface area (Å²) >= 11 is 0. The van der Waals surface area contributed by atoms with Crippen LogP contribution in [0, 0.1) is 0 Å². The van der Waals surface area contributed by atoms with Crippen LogP contribution in [-0.2, 0) is 32.0 Å². The molecule has 1 aromatic heterocycles. The smallest absolute Gasteiger partial charge is 0.322 e. The number of nitrogens with one attached hydrogen (secondary N) is 3. The fraction of sp³-hybridized carbons (Fsp3) is 0.409. The number of aromatic amines is 1. The van der Waals surface area contributed by atoms with Crippen LogP contribution in [-0.4, -0.2) is 80.0 Å². The number of imidazole rings is 1. The fourth-order valence-electron chi connectivity index (χ4n) is 3.86. The number of nitrogens with two attached hydrogens (primary N) is 1. The molecule has 1 fully saturated rings. The van der Waals surface area contributed by atoms with E-state index < -0.39 is 48.4 Å². The molecule has 7 N–H and O–H groups in total. The first-order valence-corrected chi connectivity index (χ1v) is 10.9. The van der Waals surface area contributed by atoms with Gasteiger partial charge in [0, 0.05) is 24.9 Å². The summed E-state index contributed by atoms with van der Waals surface area (Å²) in [6.45, 7) is -0.239. The first kappa shape index (κ1) is 24.7. The lowest BCUT2D eigenvalue weighted by atomic mass is 10.0. The van der Waals surface area contributed by atoms with Crippen molar-refractivity contribution in [1.29, 1.82) is 0 Å². The van der Waals surface area contributed by atoms with Crippen LogP contribution in [0.1, 0.15) is 24.1 Å². The molecule has 3 rings (SSSR count). The van der Waals surface area contributed by atoms with E-state index in [1.165, 1.54) is 29.6 Å². The Morgan fingerprint density at radius 1 is 1.21 bits per heavy atom. The van der Waals surface area contributed by atoms with Gasteiger partial charge in [-0.1, -0.05) is 12.1 Å². The summed E-state index contributed by atoms with van der Waals surface area (Å²) in [6, 6.07) is 3.52. The number of benzene rings is 1. The first-order valence-electron chi connectivity index (χ1n) is 10.9. The van der Waals surface area contributed by atoms with E-state index in [-0.39, 0.29) is 18.6 Å². The predicted octanol–water partition coefficient (Wildman–Crippen LogP) is -1.10. The van der Waals surface area contributed by atoms with E-state index in [4.69, 9.17) is 10.8 Å². The maximum absolute atomic E-state index is 13.4. The molecule has 12 nitrogen and oxygen atoms in total. The van der Waals surface area contributed by atoms with Crippen molar-refractivity contribution < 1.29 is 29.4 Å². The summed E-state index contributed by atoms with van der Waals surface area (Å²) in [5.74, 6) is -2.65. The van der Waals surface area contributed by atoms with Crippen molar-refractivity contribution >= 4 is 23.7 Å². The van der Waals surface area contributed by atoms with E-state index in [2.05, 4.69) is 20.6 Å². The number of rotatable bonds is 10. The molecule has 0 saturated carbocycles. The molecular weight excluding hydrogens is 444 g/mol. The fourth-order valence-corrected chi connectivity index (χ4v) is 3.86. The van der Waals surface area contributed by atoms with Gasteiger partial charge < -0.3 is 36.5 Å². The molecule has 0 spiro atoms. The zero-order chi connectivity index (χ0) is 24.7. The largest absolute Gasteiger partial charge is 0.508 e. The van der Waals surface area contributed by atoms with Crippen LogP contribution in [0.15, 0.2) is 36.8 Å². The highest BCUT2D eigenvalue weighted by molar-refractivity contribution is 5.94. The van der Waals surface area contributed by atoms with Crippen LogP contribution < -0.4 is 16.4 Å². The summed E-state index contributed by atoms with van der Waals surface area (Å²) in [5.41, 5.74) is 7.42. The number of phenols is 1. The van der Waals surface area contributed by atoms with Gasteiger partial charge in [-0.2, -0.15) is 0 Å². The van der Waals surface area contributed by atoms with Gasteiger partial charge in [-0.3, -0.25) is 19.2 Å². The Kier molecular flexibility index (Phi) is 8.19. The van der Waals surface area contributed by atoms with E-state index in [1.54, 1.807) is 12.1 Å². The van der Waals surface area contributed by atoms with E-state index in [9.17, 15) is 24.3 Å². The maximum atomic E-state index is 13.4. The quantitative estimate of drug-likeness (QED) is 0.251. The minimum Gasteiger partial charge on any atom is -0.508 e. The Morgan fingerprint density at radius 2 is 1.94 bits per heavy atom. The van der Waals surface area contributed by atoms with Crippen molar-refractivity contribution in [2.75, 3.05) is 13.1 Å². The predicted molar refractivity (Wildman–Crippen MR) is 119 cm³/mol. The number of aromatic hydroxyl groups is 1. The van der Waals surface area contributed by atoms with Crippen LogP contribution in [0.3, 0.4) is 0 Å². The van der Waals surface area contributed by atoms with Crippen molar-refractivity contribution in [2.45, 2.75) is 43.8 Å². The van der Waals surface area contributed by atoms with Crippen LogP contribution in [0.25, 0.3) is 0 Å². The maximum Gasteiger partial charge on any atom is 0.322 e. The number of amides is 3. The zero-order valence-corrected chi connectivity index (χ0v) is 18.4. The van der Waals surface area contributed by atoms with Crippen LogP contribution in [0.2, 0.25) is 0 Å². The van der Waals surface area contributed by atoms with Crippen molar-refractivity contribution in [3.05, 3.63) is 48.0 Å². The number of carbonyl (C=O) groups excluding carboxylic acids is 3. The second kappa shape index (κ2) is 11.3.